The third-order valence-electron chi connectivity index (χ3n) is 7.14. The lowest BCUT2D eigenvalue weighted by Crippen LogP contribution is -2.62. The van der Waals surface area contributed by atoms with Crippen LogP contribution >= 0.6 is 22.2 Å². The molecule has 5 rings (SSSR count). The highest BCUT2D eigenvalue weighted by Crippen LogP contribution is 2.53. The number of alkyl halides is 7. The fraction of sp³-hybridized carbons (Fsp3) is 0.417. The summed E-state index contributed by atoms with van der Waals surface area (Å²) in [6.45, 7) is -0.527. The van der Waals surface area contributed by atoms with E-state index < -0.39 is 62.7 Å². The van der Waals surface area contributed by atoms with Gasteiger partial charge in [-0.15, -0.1) is 0 Å². The summed E-state index contributed by atoms with van der Waals surface area (Å²) in [4.78, 5) is 18.4. The van der Waals surface area contributed by atoms with Gasteiger partial charge in [0.25, 0.3) is 5.60 Å². The van der Waals surface area contributed by atoms with E-state index in [2.05, 4.69) is 5.16 Å². The molecule has 1 atom stereocenters. The third-order valence-corrected chi connectivity index (χ3v) is 9.34. The second-order valence-corrected chi connectivity index (χ2v) is 12.6. The van der Waals surface area contributed by atoms with Gasteiger partial charge in [0.05, 0.1) is 46.8 Å². The number of halogens is 8. The summed E-state index contributed by atoms with van der Waals surface area (Å²) >= 11 is 5.56. The molecule has 3 aliphatic rings. The summed E-state index contributed by atoms with van der Waals surface area (Å²) in [6, 6.07) is 7.11. The van der Waals surface area contributed by atoms with Crippen molar-refractivity contribution in [3.63, 3.8) is 0 Å². The molecule has 2 saturated heterocycles. The lowest BCUT2D eigenvalue weighted by Gasteiger charge is -2.51. The average molecular weight is 601 g/mol. The molecule has 0 spiro atoms. The largest absolute Gasteiger partial charge is 0.435 e. The van der Waals surface area contributed by atoms with Crippen LogP contribution in [0.5, 0.6) is 0 Å². The second kappa shape index (κ2) is 8.98. The van der Waals surface area contributed by atoms with E-state index in [0.717, 1.165) is 6.07 Å². The Hall–Kier alpha value is -2.55. The zero-order valence-corrected chi connectivity index (χ0v) is 21.3. The minimum Gasteiger partial charge on any atom is -0.374 e. The number of hydrogen-bond acceptors (Lipinski definition) is 5. The molecule has 1 unspecified atom stereocenters. The van der Waals surface area contributed by atoms with Crippen LogP contribution in [-0.2, 0) is 27.1 Å². The lowest BCUT2D eigenvalue weighted by atomic mass is 9.84. The fourth-order valence-corrected chi connectivity index (χ4v) is 6.61. The molecule has 0 bridgehead atoms. The fourth-order valence-electron chi connectivity index (χ4n) is 4.91. The third kappa shape index (κ3) is 4.85. The van der Waals surface area contributed by atoms with Gasteiger partial charge in [0.2, 0.25) is 5.91 Å². The van der Waals surface area contributed by atoms with Crippen molar-refractivity contribution < 1.29 is 49.5 Å². The molecule has 2 N–H and O–H groups in total. The van der Waals surface area contributed by atoms with E-state index in [1.54, 1.807) is 0 Å². The highest BCUT2D eigenvalue weighted by atomic mass is 35.5. The van der Waals surface area contributed by atoms with Crippen molar-refractivity contribution in [3.8, 4) is 0 Å². The number of nitrogens with zero attached hydrogens (tertiary/aromatic N) is 2. The highest BCUT2D eigenvalue weighted by Gasteiger charge is 2.62. The van der Waals surface area contributed by atoms with Crippen molar-refractivity contribution in [2.24, 2.45) is 11.1 Å². The number of carbonyl (C=O) groups excluding carboxylic acids is 1. The van der Waals surface area contributed by atoms with Crippen LogP contribution in [-0.4, -0.2) is 56.4 Å². The second-order valence-electron chi connectivity index (χ2n) is 9.89. The number of rotatable bonds is 4. The first-order valence-electron chi connectivity index (χ1n) is 11.5. The monoisotopic (exact) mass is 600 g/mol. The molecule has 0 saturated carbocycles. The summed E-state index contributed by atoms with van der Waals surface area (Å²) in [5.74, 6) is -1.03. The van der Waals surface area contributed by atoms with E-state index in [0.29, 0.717) is 12.1 Å². The average Bonchev–Trinajstić information content (AvgIpc) is 3.27. The van der Waals surface area contributed by atoms with Crippen molar-refractivity contribution >= 4 is 33.8 Å². The molecule has 2 fully saturated rings. The van der Waals surface area contributed by atoms with Crippen molar-refractivity contribution in [2.75, 3.05) is 24.6 Å². The van der Waals surface area contributed by atoms with Gasteiger partial charge in [0.1, 0.15) is 0 Å². The molecule has 0 radical (unpaired) electrons. The minimum atomic E-state index is -5.15. The lowest BCUT2D eigenvalue weighted by molar-refractivity contribution is -0.276. The summed E-state index contributed by atoms with van der Waals surface area (Å²) in [6.07, 6.45) is -11.1. The van der Waals surface area contributed by atoms with Crippen molar-refractivity contribution in [2.45, 2.75) is 30.0 Å². The van der Waals surface area contributed by atoms with Gasteiger partial charge in [-0.25, -0.2) is 4.39 Å². The molecule has 1 amide bonds. The number of amides is 1. The normalized spacial score (nSPS) is 25.3. The minimum absolute atomic E-state index is 0.0482. The first-order chi connectivity index (χ1) is 17.9. The van der Waals surface area contributed by atoms with Gasteiger partial charge in [0.15, 0.2) is 5.67 Å². The van der Waals surface area contributed by atoms with Gasteiger partial charge in [-0.3, -0.25) is 13.9 Å². The topological polar surface area (TPSA) is 82.4 Å². The number of likely N-dealkylation sites (tertiary alicyclic amines) is 1. The van der Waals surface area contributed by atoms with Gasteiger partial charge in [-0.2, -0.15) is 36.9 Å². The summed E-state index contributed by atoms with van der Waals surface area (Å²) in [5.41, 5.74) is -7.25. The van der Waals surface area contributed by atoms with Crippen molar-refractivity contribution in [3.05, 3.63) is 69.7 Å². The van der Waals surface area contributed by atoms with Crippen LogP contribution in [0.4, 0.5) is 30.7 Å². The maximum atomic E-state index is 15.4. The molecular weight excluding hydrogens is 581 g/mol. The molecule has 3 heterocycles. The zero-order chi connectivity index (χ0) is 28.6. The number of carbonyl (C=O) groups is 1. The molecule has 6 nitrogen and oxygen atoms in total. The molecule has 2 aromatic carbocycles. The Balaban J connectivity index is 1.31. The Bertz CT molecular complexity index is 1340. The molecular formula is C24H20ClF7N2O4S. The van der Waals surface area contributed by atoms with Crippen LogP contribution < -0.4 is 0 Å². The predicted octanol–water partition coefficient (Wildman–Crippen LogP) is 6.33. The standard InChI is InChI=1S/C24H20ClF7N2O4S/c25-18-6-5-16(7-17(18)23(27,28)29)22(24(30,31)32)8-19(33-38-22)13-1-3-15(4-2-13)21(26)11-34(12-21)20(35)14-9-39(36,37)10-14/h1-7,14,36-37H,8-12H2. The molecule has 0 aromatic heterocycles. The Kier molecular flexibility index (Phi) is 6.45. The highest BCUT2D eigenvalue weighted by molar-refractivity contribution is 8.25. The summed E-state index contributed by atoms with van der Waals surface area (Å²) in [7, 11) is -2.72. The van der Waals surface area contributed by atoms with E-state index in [4.69, 9.17) is 16.4 Å². The van der Waals surface area contributed by atoms with E-state index in [-0.39, 0.29) is 47.3 Å². The van der Waals surface area contributed by atoms with Crippen molar-refractivity contribution in [1.82, 2.24) is 4.90 Å². The van der Waals surface area contributed by atoms with Crippen LogP contribution in [0, 0.1) is 5.92 Å². The van der Waals surface area contributed by atoms with Crippen molar-refractivity contribution in [1.29, 1.82) is 0 Å². The number of oxime groups is 1. The molecule has 3 aliphatic heterocycles. The van der Waals surface area contributed by atoms with Crippen LogP contribution in [0.2, 0.25) is 5.02 Å². The molecule has 39 heavy (non-hydrogen) atoms. The van der Waals surface area contributed by atoms with E-state index in [1.165, 1.54) is 29.2 Å². The molecule has 0 aliphatic carbocycles. The van der Waals surface area contributed by atoms with Gasteiger partial charge in [-0.05, 0) is 23.3 Å². The van der Waals surface area contributed by atoms with Gasteiger partial charge in [-0.1, -0.05) is 47.1 Å². The smallest absolute Gasteiger partial charge is 0.374 e. The van der Waals surface area contributed by atoms with E-state index >= 15 is 4.39 Å². The summed E-state index contributed by atoms with van der Waals surface area (Å²) in [5, 5.41) is 2.76. The Morgan fingerprint density at radius 2 is 1.62 bits per heavy atom. The first-order valence-corrected chi connectivity index (χ1v) is 13.7. The molecule has 15 heteroatoms. The zero-order valence-electron chi connectivity index (χ0n) is 19.7. The Morgan fingerprint density at radius 1 is 1.03 bits per heavy atom. The molecule has 2 aromatic rings. The maximum absolute atomic E-state index is 15.4. The Labute approximate surface area is 223 Å². The van der Waals surface area contributed by atoms with Gasteiger partial charge < -0.3 is 9.74 Å². The summed E-state index contributed by atoms with van der Waals surface area (Å²) < 4.78 is 117. The van der Waals surface area contributed by atoms with Gasteiger partial charge >= 0.3 is 12.4 Å². The predicted molar refractivity (Wildman–Crippen MR) is 128 cm³/mol. The van der Waals surface area contributed by atoms with Crippen LogP contribution in [0.25, 0.3) is 0 Å². The molecule has 212 valence electrons. The van der Waals surface area contributed by atoms with Crippen LogP contribution in [0.15, 0.2) is 47.6 Å². The number of benzene rings is 2. The SMILES string of the molecule is O=C(C1CS(O)(O)C1)N1CC(F)(c2ccc(C3=NOC(c4ccc(Cl)c(C(F)(F)F)c4)(C(F)(F)F)C3)cc2)C1. The van der Waals surface area contributed by atoms with Gasteiger partial charge in [0, 0.05) is 12.0 Å². The number of hydrogen-bond donors (Lipinski definition) is 2. The maximum Gasteiger partial charge on any atom is 0.435 e. The quantitative estimate of drug-likeness (QED) is 0.402. The van der Waals surface area contributed by atoms with E-state index in [9.17, 15) is 40.2 Å². The first kappa shape index (κ1) is 28.0. The van der Waals surface area contributed by atoms with E-state index in [1.807, 2.05) is 0 Å². The van der Waals surface area contributed by atoms with Crippen LogP contribution in [0.1, 0.15) is 28.7 Å². The Morgan fingerprint density at radius 3 is 2.15 bits per heavy atom. The van der Waals surface area contributed by atoms with Crippen LogP contribution in [0.3, 0.4) is 0 Å².